The van der Waals surface area contributed by atoms with Gasteiger partial charge in [-0.05, 0) is 49.4 Å². The van der Waals surface area contributed by atoms with Crippen molar-refractivity contribution in [2.45, 2.75) is 18.7 Å². The Hall–Kier alpha value is -2.14. The molecule has 0 unspecified atom stereocenters. The van der Waals surface area contributed by atoms with Gasteiger partial charge in [0.25, 0.3) is 0 Å². The Labute approximate surface area is 128 Å². The van der Waals surface area contributed by atoms with Gasteiger partial charge in [-0.15, -0.1) is 11.8 Å². The number of aryl methyl sites for hydroxylation is 2. The van der Waals surface area contributed by atoms with Crippen LogP contribution in [0.4, 0.5) is 0 Å². The van der Waals surface area contributed by atoms with E-state index in [9.17, 15) is 0 Å². The SMILES string of the molecule is CSc1cccc(Oc2cc(C)ccc2C)c1/C(N)=N/O. The van der Waals surface area contributed by atoms with Crippen molar-refractivity contribution >= 4 is 17.6 Å². The molecule has 0 radical (unpaired) electrons. The largest absolute Gasteiger partial charge is 0.456 e. The molecule has 0 saturated carbocycles. The Morgan fingerprint density at radius 1 is 1.19 bits per heavy atom. The Bertz CT molecular complexity index is 684. The summed E-state index contributed by atoms with van der Waals surface area (Å²) >= 11 is 1.52. The first-order valence-corrected chi connectivity index (χ1v) is 7.69. The Morgan fingerprint density at radius 2 is 1.95 bits per heavy atom. The quantitative estimate of drug-likeness (QED) is 0.295. The van der Waals surface area contributed by atoms with Crippen molar-refractivity contribution in [1.29, 1.82) is 0 Å². The smallest absolute Gasteiger partial charge is 0.175 e. The molecule has 0 atom stereocenters. The van der Waals surface area contributed by atoms with Gasteiger partial charge in [0.1, 0.15) is 11.5 Å². The van der Waals surface area contributed by atoms with E-state index < -0.39 is 0 Å². The molecule has 0 saturated heterocycles. The van der Waals surface area contributed by atoms with Gasteiger partial charge in [0.05, 0.1) is 5.56 Å². The first kappa shape index (κ1) is 15.3. The maximum Gasteiger partial charge on any atom is 0.175 e. The van der Waals surface area contributed by atoms with E-state index in [2.05, 4.69) is 5.16 Å². The third kappa shape index (κ3) is 3.31. The number of ether oxygens (including phenoxy) is 1. The first-order valence-electron chi connectivity index (χ1n) is 6.46. The van der Waals surface area contributed by atoms with Gasteiger partial charge in [0.15, 0.2) is 5.84 Å². The van der Waals surface area contributed by atoms with Crippen LogP contribution in [0.1, 0.15) is 16.7 Å². The summed E-state index contributed by atoms with van der Waals surface area (Å²) in [5, 5.41) is 12.1. The van der Waals surface area contributed by atoms with Crippen molar-refractivity contribution in [3.8, 4) is 11.5 Å². The van der Waals surface area contributed by atoms with E-state index in [4.69, 9.17) is 15.7 Å². The molecule has 2 rings (SSSR count). The van der Waals surface area contributed by atoms with Crippen LogP contribution in [0.25, 0.3) is 0 Å². The van der Waals surface area contributed by atoms with Gasteiger partial charge in [0, 0.05) is 4.90 Å². The van der Waals surface area contributed by atoms with Crippen LogP contribution in [0.3, 0.4) is 0 Å². The molecule has 0 spiro atoms. The summed E-state index contributed by atoms with van der Waals surface area (Å²) in [6, 6.07) is 11.6. The van der Waals surface area contributed by atoms with E-state index in [0.29, 0.717) is 11.3 Å². The van der Waals surface area contributed by atoms with Crippen LogP contribution in [0, 0.1) is 13.8 Å². The summed E-state index contributed by atoms with van der Waals surface area (Å²) in [5.74, 6) is 1.38. The van der Waals surface area contributed by atoms with Crippen molar-refractivity contribution in [3.63, 3.8) is 0 Å². The molecular weight excluding hydrogens is 284 g/mol. The topological polar surface area (TPSA) is 67.8 Å². The molecule has 3 N–H and O–H groups in total. The minimum Gasteiger partial charge on any atom is -0.456 e. The lowest BCUT2D eigenvalue weighted by Gasteiger charge is -2.15. The highest BCUT2D eigenvalue weighted by molar-refractivity contribution is 7.98. The van der Waals surface area contributed by atoms with Gasteiger partial charge in [-0.3, -0.25) is 0 Å². The lowest BCUT2D eigenvalue weighted by atomic mass is 10.1. The highest BCUT2D eigenvalue weighted by Crippen LogP contribution is 2.33. The number of thioether (sulfide) groups is 1. The predicted octanol–water partition coefficient (Wildman–Crippen LogP) is 3.91. The molecule has 4 nitrogen and oxygen atoms in total. The average molecular weight is 302 g/mol. The summed E-state index contributed by atoms with van der Waals surface area (Å²) in [7, 11) is 0. The summed E-state index contributed by atoms with van der Waals surface area (Å²) in [6.45, 7) is 3.99. The molecule has 0 aliphatic rings. The Morgan fingerprint density at radius 3 is 2.62 bits per heavy atom. The number of nitrogens with zero attached hydrogens (tertiary/aromatic N) is 1. The molecule has 21 heavy (non-hydrogen) atoms. The lowest BCUT2D eigenvalue weighted by molar-refractivity contribution is 0.318. The molecule has 0 bridgehead atoms. The fraction of sp³-hybridized carbons (Fsp3) is 0.188. The van der Waals surface area contributed by atoms with Gasteiger partial charge >= 0.3 is 0 Å². The molecule has 0 aromatic heterocycles. The van der Waals surface area contributed by atoms with Gasteiger partial charge in [-0.1, -0.05) is 23.4 Å². The molecule has 2 aromatic rings. The summed E-state index contributed by atoms with van der Waals surface area (Å²) in [5.41, 5.74) is 8.55. The summed E-state index contributed by atoms with van der Waals surface area (Å²) < 4.78 is 6.00. The number of hydrogen-bond donors (Lipinski definition) is 2. The van der Waals surface area contributed by atoms with Crippen LogP contribution in [0.2, 0.25) is 0 Å². The van der Waals surface area contributed by atoms with Crippen molar-refractivity contribution in [1.82, 2.24) is 0 Å². The minimum atomic E-state index is 0.0419. The standard InChI is InChI=1S/C16H18N2O2S/c1-10-7-8-11(2)13(9-10)20-12-5-4-6-14(21-3)15(12)16(17)18-19/h4-9,19H,1-3H3,(H2,17,18). The number of rotatable bonds is 4. The zero-order chi connectivity index (χ0) is 15.4. The molecule has 0 aliphatic heterocycles. The van der Waals surface area contributed by atoms with E-state index >= 15 is 0 Å². The molecule has 0 heterocycles. The zero-order valence-corrected chi connectivity index (χ0v) is 13.1. The molecule has 5 heteroatoms. The highest BCUT2D eigenvalue weighted by atomic mass is 32.2. The predicted molar refractivity (Wildman–Crippen MR) is 86.7 cm³/mol. The van der Waals surface area contributed by atoms with E-state index in [1.165, 1.54) is 11.8 Å². The molecule has 110 valence electrons. The minimum absolute atomic E-state index is 0.0419. The number of oxime groups is 1. The zero-order valence-electron chi connectivity index (χ0n) is 12.3. The van der Waals surface area contributed by atoms with Crippen LogP contribution >= 0.6 is 11.8 Å². The maximum absolute atomic E-state index is 9.00. The van der Waals surface area contributed by atoms with Crippen LogP contribution in [0.5, 0.6) is 11.5 Å². The van der Waals surface area contributed by atoms with E-state index in [1.807, 2.05) is 56.5 Å². The fourth-order valence-electron chi connectivity index (χ4n) is 2.00. The van der Waals surface area contributed by atoms with E-state index in [0.717, 1.165) is 21.8 Å². The maximum atomic E-state index is 9.00. The normalized spacial score (nSPS) is 11.5. The van der Waals surface area contributed by atoms with Crippen LogP contribution in [-0.4, -0.2) is 17.3 Å². The third-order valence-electron chi connectivity index (χ3n) is 3.14. The lowest BCUT2D eigenvalue weighted by Crippen LogP contribution is -2.15. The van der Waals surface area contributed by atoms with Crippen molar-refractivity contribution in [3.05, 3.63) is 53.1 Å². The molecule has 0 fully saturated rings. The van der Waals surface area contributed by atoms with Crippen molar-refractivity contribution in [2.75, 3.05) is 6.26 Å². The van der Waals surface area contributed by atoms with Crippen LogP contribution < -0.4 is 10.5 Å². The van der Waals surface area contributed by atoms with Gasteiger partial charge < -0.3 is 15.7 Å². The molecule has 0 aliphatic carbocycles. The summed E-state index contributed by atoms with van der Waals surface area (Å²) in [4.78, 5) is 0.896. The highest BCUT2D eigenvalue weighted by Gasteiger charge is 2.15. The monoisotopic (exact) mass is 302 g/mol. The second-order valence-corrected chi connectivity index (χ2v) is 5.54. The van der Waals surface area contributed by atoms with Crippen molar-refractivity contribution < 1.29 is 9.94 Å². The fourth-order valence-corrected chi connectivity index (χ4v) is 2.63. The second kappa shape index (κ2) is 6.54. The molecular formula is C16H18N2O2S. The Kier molecular flexibility index (Phi) is 4.75. The van der Waals surface area contributed by atoms with Crippen LogP contribution in [0.15, 0.2) is 46.4 Å². The number of nitrogens with two attached hydrogens (primary N) is 1. The van der Waals surface area contributed by atoms with E-state index in [-0.39, 0.29) is 5.84 Å². The van der Waals surface area contributed by atoms with Gasteiger partial charge in [0.2, 0.25) is 0 Å². The molecule has 0 amide bonds. The third-order valence-corrected chi connectivity index (χ3v) is 3.92. The van der Waals surface area contributed by atoms with Gasteiger partial charge in [-0.2, -0.15) is 0 Å². The molecule has 2 aromatic carbocycles. The first-order chi connectivity index (χ1) is 10.1. The average Bonchev–Trinajstić information content (AvgIpc) is 2.49. The second-order valence-electron chi connectivity index (χ2n) is 4.69. The van der Waals surface area contributed by atoms with Gasteiger partial charge in [-0.25, -0.2) is 0 Å². The van der Waals surface area contributed by atoms with Crippen LogP contribution in [-0.2, 0) is 0 Å². The number of benzene rings is 2. The van der Waals surface area contributed by atoms with E-state index in [1.54, 1.807) is 0 Å². The van der Waals surface area contributed by atoms with Crippen molar-refractivity contribution in [2.24, 2.45) is 10.9 Å². The number of amidine groups is 1. The number of hydrogen-bond acceptors (Lipinski definition) is 4. The Balaban J connectivity index is 2.51. The summed E-state index contributed by atoms with van der Waals surface area (Å²) in [6.07, 6.45) is 1.94.